The highest BCUT2D eigenvalue weighted by Gasteiger charge is 2.35. The summed E-state index contributed by atoms with van der Waals surface area (Å²) >= 11 is 0. The van der Waals surface area contributed by atoms with Crippen LogP contribution in [0, 0.1) is 5.41 Å². The number of aliphatic hydroxyl groups is 1. The molecule has 152 valence electrons. The van der Waals surface area contributed by atoms with Crippen LogP contribution in [0.25, 0.3) is 0 Å². The smallest absolute Gasteiger partial charge is 0.124 e. The number of ether oxygens (including phenoxy) is 2. The minimum absolute atomic E-state index is 0.0553. The molecule has 1 fully saturated rings. The molecule has 0 bridgehead atoms. The third-order valence-corrected chi connectivity index (χ3v) is 5.71. The van der Waals surface area contributed by atoms with Crippen LogP contribution in [-0.2, 0) is 24.3 Å². The number of hydrogen-bond donors (Lipinski definition) is 1. The van der Waals surface area contributed by atoms with E-state index in [-0.39, 0.29) is 12.0 Å². The molecule has 0 amide bonds. The third-order valence-electron chi connectivity index (χ3n) is 5.71. The van der Waals surface area contributed by atoms with Crippen LogP contribution in [0.2, 0.25) is 0 Å². The summed E-state index contributed by atoms with van der Waals surface area (Å²) in [6.45, 7) is 6.39. The lowest BCUT2D eigenvalue weighted by Crippen LogP contribution is -2.46. The van der Waals surface area contributed by atoms with Gasteiger partial charge >= 0.3 is 0 Å². The highest BCUT2D eigenvalue weighted by molar-refractivity contribution is 5.37. The van der Waals surface area contributed by atoms with Gasteiger partial charge in [-0.2, -0.15) is 0 Å². The van der Waals surface area contributed by atoms with Crippen molar-refractivity contribution in [1.82, 2.24) is 4.90 Å². The zero-order valence-corrected chi connectivity index (χ0v) is 17.2. The van der Waals surface area contributed by atoms with E-state index in [1.165, 1.54) is 11.1 Å². The lowest BCUT2D eigenvalue weighted by Gasteiger charge is -2.42. The number of nitrogens with zero attached hydrogens (tertiary/aromatic N) is 1. The maximum Gasteiger partial charge on any atom is 0.124 e. The fourth-order valence-electron chi connectivity index (χ4n) is 4.32. The molecule has 2 aromatic rings. The molecule has 4 nitrogen and oxygen atoms in total. The first-order valence-electron chi connectivity index (χ1n) is 10.3. The van der Waals surface area contributed by atoms with E-state index in [4.69, 9.17) is 9.47 Å². The van der Waals surface area contributed by atoms with Gasteiger partial charge in [-0.15, -0.1) is 0 Å². The quantitative estimate of drug-likeness (QED) is 0.709. The molecule has 0 spiro atoms. The van der Waals surface area contributed by atoms with Gasteiger partial charge in [0.2, 0.25) is 0 Å². The second-order valence-corrected chi connectivity index (χ2v) is 7.92. The predicted molar refractivity (Wildman–Crippen MR) is 112 cm³/mol. The van der Waals surface area contributed by atoms with Gasteiger partial charge in [0.15, 0.2) is 0 Å². The van der Waals surface area contributed by atoms with Crippen LogP contribution in [0.4, 0.5) is 0 Å². The first-order chi connectivity index (χ1) is 13.7. The van der Waals surface area contributed by atoms with Crippen molar-refractivity contribution < 1.29 is 14.6 Å². The van der Waals surface area contributed by atoms with E-state index in [0.717, 1.165) is 50.2 Å². The van der Waals surface area contributed by atoms with Crippen LogP contribution >= 0.6 is 0 Å². The molecule has 0 radical (unpaired) electrons. The van der Waals surface area contributed by atoms with Crippen molar-refractivity contribution in [2.24, 2.45) is 5.41 Å². The maximum absolute atomic E-state index is 10.2. The minimum atomic E-state index is -0.0553. The van der Waals surface area contributed by atoms with Crippen molar-refractivity contribution in [3.8, 4) is 5.75 Å². The number of likely N-dealkylation sites (tertiary alicyclic amines) is 1. The Balaban J connectivity index is 1.70. The molecule has 28 heavy (non-hydrogen) atoms. The Morgan fingerprint density at radius 2 is 1.93 bits per heavy atom. The Bertz CT molecular complexity index is 734. The van der Waals surface area contributed by atoms with E-state index < -0.39 is 0 Å². The van der Waals surface area contributed by atoms with Gasteiger partial charge in [-0.05, 0) is 56.0 Å². The number of piperidine rings is 1. The predicted octanol–water partition coefficient (Wildman–Crippen LogP) is 4.05. The number of methoxy groups -OCH3 is 1. The van der Waals surface area contributed by atoms with Crippen LogP contribution < -0.4 is 4.74 Å². The zero-order valence-electron chi connectivity index (χ0n) is 17.2. The van der Waals surface area contributed by atoms with Crippen molar-refractivity contribution in [1.29, 1.82) is 0 Å². The van der Waals surface area contributed by atoms with Crippen molar-refractivity contribution in [2.75, 3.05) is 33.4 Å². The average molecular weight is 384 g/mol. The van der Waals surface area contributed by atoms with E-state index in [2.05, 4.69) is 41.3 Å². The largest absolute Gasteiger partial charge is 0.496 e. The molecule has 1 aliphatic heterocycles. The summed E-state index contributed by atoms with van der Waals surface area (Å²) in [4.78, 5) is 2.48. The van der Waals surface area contributed by atoms with Gasteiger partial charge in [-0.3, -0.25) is 4.90 Å². The van der Waals surface area contributed by atoms with Crippen LogP contribution in [0.3, 0.4) is 0 Å². The first-order valence-corrected chi connectivity index (χ1v) is 10.3. The molecule has 1 aliphatic rings. The molecule has 0 aliphatic carbocycles. The Labute approximate surface area is 169 Å². The summed E-state index contributed by atoms with van der Waals surface area (Å²) < 4.78 is 11.1. The fraction of sp³-hybridized carbons (Fsp3) is 0.500. The highest BCUT2D eigenvalue weighted by Crippen LogP contribution is 2.34. The van der Waals surface area contributed by atoms with Gasteiger partial charge in [-0.1, -0.05) is 36.4 Å². The Morgan fingerprint density at radius 3 is 2.64 bits per heavy atom. The van der Waals surface area contributed by atoms with Crippen LogP contribution in [0.1, 0.15) is 36.5 Å². The van der Waals surface area contributed by atoms with E-state index in [1.807, 2.05) is 19.1 Å². The normalized spacial score (nSPS) is 20.2. The highest BCUT2D eigenvalue weighted by atomic mass is 16.5. The zero-order chi connectivity index (χ0) is 19.8. The Morgan fingerprint density at radius 1 is 1.11 bits per heavy atom. The van der Waals surface area contributed by atoms with E-state index >= 15 is 0 Å². The van der Waals surface area contributed by atoms with E-state index in [9.17, 15) is 5.11 Å². The summed E-state index contributed by atoms with van der Waals surface area (Å²) in [5, 5.41) is 10.2. The van der Waals surface area contributed by atoms with Gasteiger partial charge in [0.05, 0.1) is 20.3 Å². The monoisotopic (exact) mass is 383 g/mol. The van der Waals surface area contributed by atoms with Gasteiger partial charge in [0.1, 0.15) is 5.75 Å². The standard InChI is InChI=1S/C24H33NO3/c1-3-28-17-22-14-21(10-11-23(22)27-2)16-25-13-7-12-24(18-25,19-26)15-20-8-5-4-6-9-20/h4-6,8-11,14,26H,3,7,12-13,15-19H2,1-2H3. The fourth-order valence-corrected chi connectivity index (χ4v) is 4.32. The van der Waals surface area contributed by atoms with Crippen molar-refractivity contribution in [2.45, 2.75) is 39.3 Å². The second-order valence-electron chi connectivity index (χ2n) is 7.92. The summed E-state index contributed by atoms with van der Waals surface area (Å²) in [5.41, 5.74) is 3.61. The van der Waals surface area contributed by atoms with Gasteiger partial charge in [0.25, 0.3) is 0 Å². The molecule has 1 N–H and O–H groups in total. The van der Waals surface area contributed by atoms with Gasteiger partial charge in [-0.25, -0.2) is 0 Å². The minimum Gasteiger partial charge on any atom is -0.496 e. The molecule has 1 saturated heterocycles. The summed E-state index contributed by atoms with van der Waals surface area (Å²) in [6.07, 6.45) is 3.13. The van der Waals surface area contributed by atoms with Gasteiger partial charge in [0, 0.05) is 30.7 Å². The number of aliphatic hydroxyl groups excluding tert-OH is 1. The Hall–Kier alpha value is -1.88. The summed E-state index contributed by atoms with van der Waals surface area (Å²) in [6, 6.07) is 16.9. The lowest BCUT2D eigenvalue weighted by molar-refractivity contribution is 0.0288. The maximum atomic E-state index is 10.2. The topological polar surface area (TPSA) is 41.9 Å². The van der Waals surface area contributed by atoms with Crippen LogP contribution in [0.15, 0.2) is 48.5 Å². The number of benzene rings is 2. The molecule has 4 heteroatoms. The van der Waals surface area contributed by atoms with E-state index in [1.54, 1.807) is 7.11 Å². The van der Waals surface area contributed by atoms with Crippen molar-refractivity contribution in [3.63, 3.8) is 0 Å². The average Bonchev–Trinajstić information content (AvgIpc) is 2.73. The van der Waals surface area contributed by atoms with Crippen LogP contribution in [0.5, 0.6) is 5.75 Å². The molecule has 1 atom stereocenters. The molecular weight excluding hydrogens is 350 g/mol. The summed E-state index contributed by atoms with van der Waals surface area (Å²) in [5.74, 6) is 0.879. The number of hydrogen-bond acceptors (Lipinski definition) is 4. The first kappa shape index (κ1) is 20.8. The molecule has 1 heterocycles. The molecule has 0 saturated carbocycles. The molecule has 2 aromatic carbocycles. The third kappa shape index (κ3) is 5.34. The Kier molecular flexibility index (Phi) is 7.49. The molecule has 3 rings (SSSR count). The van der Waals surface area contributed by atoms with Gasteiger partial charge < -0.3 is 14.6 Å². The molecule has 1 unspecified atom stereocenters. The molecule has 0 aromatic heterocycles. The summed E-state index contributed by atoms with van der Waals surface area (Å²) in [7, 11) is 1.70. The number of rotatable bonds is 9. The molecular formula is C24H33NO3. The van der Waals surface area contributed by atoms with E-state index in [0.29, 0.717) is 13.2 Å². The van der Waals surface area contributed by atoms with Crippen LogP contribution in [-0.4, -0.2) is 43.4 Å². The SMILES string of the molecule is CCOCc1cc(CN2CCCC(CO)(Cc3ccccc3)C2)ccc1OC. The second kappa shape index (κ2) is 10.1. The van der Waals surface area contributed by atoms with Crippen molar-refractivity contribution in [3.05, 3.63) is 65.2 Å². The van der Waals surface area contributed by atoms with Crippen molar-refractivity contribution >= 4 is 0 Å². The lowest BCUT2D eigenvalue weighted by atomic mass is 9.75.